The number of hydrogen-bond donors (Lipinski definition) is 2. The molecule has 2 N–H and O–H groups in total. The molecular weight excluding hydrogens is 262 g/mol. The molecule has 0 unspecified atom stereocenters. The van der Waals surface area contributed by atoms with Crippen LogP contribution in [0.1, 0.15) is 59.8 Å². The number of carbonyl (C=O) groups excluding carboxylic acids is 1. The van der Waals surface area contributed by atoms with Crippen molar-refractivity contribution in [2.75, 3.05) is 13.1 Å². The van der Waals surface area contributed by atoms with E-state index in [9.17, 15) is 4.79 Å². The number of hydrogen-bond acceptors (Lipinski definition) is 2. The van der Waals surface area contributed by atoms with Gasteiger partial charge in [0.2, 0.25) is 0 Å². The average molecular weight is 293 g/mol. The molecule has 3 aliphatic rings. The molecule has 2 heterocycles. The molecule has 0 bridgehead atoms. The molecular formula is C17H31N3O. The van der Waals surface area contributed by atoms with Gasteiger partial charge in [-0.2, -0.15) is 0 Å². The van der Waals surface area contributed by atoms with Crippen molar-refractivity contribution in [2.24, 2.45) is 11.8 Å². The van der Waals surface area contributed by atoms with E-state index < -0.39 is 0 Å². The summed E-state index contributed by atoms with van der Waals surface area (Å²) in [6, 6.07) is 0.440. The minimum atomic E-state index is 0.0864. The Bertz CT molecular complexity index is 392. The first-order chi connectivity index (χ1) is 9.74. The van der Waals surface area contributed by atoms with Crippen LogP contribution in [-0.4, -0.2) is 41.1 Å². The van der Waals surface area contributed by atoms with Crippen molar-refractivity contribution >= 4 is 6.03 Å². The Balaban J connectivity index is 1.48. The van der Waals surface area contributed by atoms with Crippen molar-refractivity contribution in [2.45, 2.75) is 76.9 Å². The van der Waals surface area contributed by atoms with Gasteiger partial charge in [0, 0.05) is 30.2 Å². The number of urea groups is 1. The highest BCUT2D eigenvalue weighted by molar-refractivity contribution is 5.75. The fraction of sp³-hybridized carbons (Fsp3) is 0.941. The number of amides is 2. The topological polar surface area (TPSA) is 44.4 Å². The summed E-state index contributed by atoms with van der Waals surface area (Å²) in [5.41, 5.74) is 0.173. The van der Waals surface area contributed by atoms with Gasteiger partial charge in [0.25, 0.3) is 0 Å². The maximum Gasteiger partial charge on any atom is 0.317 e. The van der Waals surface area contributed by atoms with Crippen molar-refractivity contribution < 1.29 is 4.79 Å². The highest BCUT2D eigenvalue weighted by Crippen LogP contribution is 2.38. The van der Waals surface area contributed by atoms with Gasteiger partial charge in [-0.15, -0.1) is 0 Å². The Kier molecular flexibility index (Phi) is 3.71. The zero-order chi connectivity index (χ0) is 15.3. The molecule has 0 atom stereocenters. The summed E-state index contributed by atoms with van der Waals surface area (Å²) in [6.45, 7) is 10.9. The van der Waals surface area contributed by atoms with Gasteiger partial charge in [0.1, 0.15) is 0 Å². The molecule has 1 saturated carbocycles. The Morgan fingerprint density at radius 3 is 2.10 bits per heavy atom. The van der Waals surface area contributed by atoms with Crippen LogP contribution in [0, 0.1) is 11.8 Å². The summed E-state index contributed by atoms with van der Waals surface area (Å²) in [7, 11) is 0. The number of likely N-dealkylation sites (tertiary alicyclic amines) is 1. The average Bonchev–Trinajstić information content (AvgIpc) is 2.13. The summed E-state index contributed by atoms with van der Waals surface area (Å²) >= 11 is 0. The quantitative estimate of drug-likeness (QED) is 0.822. The summed E-state index contributed by atoms with van der Waals surface area (Å²) in [5, 5.41) is 6.94. The molecule has 4 heteroatoms. The molecule has 0 aromatic rings. The van der Waals surface area contributed by atoms with E-state index in [-0.39, 0.29) is 23.2 Å². The molecule has 0 aromatic heterocycles. The Labute approximate surface area is 129 Å². The maximum absolute atomic E-state index is 12.4. The van der Waals surface area contributed by atoms with Gasteiger partial charge in [-0.3, -0.25) is 0 Å². The Morgan fingerprint density at radius 2 is 1.62 bits per heavy atom. The van der Waals surface area contributed by atoms with Crippen LogP contribution >= 0.6 is 0 Å². The molecule has 4 nitrogen and oxygen atoms in total. The van der Waals surface area contributed by atoms with E-state index in [0.717, 1.165) is 37.8 Å². The van der Waals surface area contributed by atoms with Crippen LogP contribution in [0.2, 0.25) is 0 Å². The molecule has 0 aromatic carbocycles. The van der Waals surface area contributed by atoms with E-state index in [1.54, 1.807) is 0 Å². The van der Waals surface area contributed by atoms with Crippen molar-refractivity contribution in [1.82, 2.24) is 15.5 Å². The second-order valence-electron chi connectivity index (χ2n) is 8.80. The molecule has 0 spiro atoms. The van der Waals surface area contributed by atoms with Gasteiger partial charge in [-0.05, 0) is 52.4 Å². The van der Waals surface area contributed by atoms with E-state index in [0.29, 0.717) is 0 Å². The molecule has 3 fully saturated rings. The predicted octanol–water partition coefficient (Wildman–Crippen LogP) is 2.74. The number of nitrogens with zero attached hydrogens (tertiary/aromatic N) is 1. The van der Waals surface area contributed by atoms with Crippen LogP contribution in [0.5, 0.6) is 0 Å². The SMILES string of the molecule is CC1(C)CC(NC(=O)N2CC(C3CCC3)C2)CC(C)(C)N1. The van der Waals surface area contributed by atoms with E-state index in [1.807, 2.05) is 4.90 Å². The first-order valence-corrected chi connectivity index (χ1v) is 8.59. The van der Waals surface area contributed by atoms with Crippen LogP contribution in [0.3, 0.4) is 0 Å². The van der Waals surface area contributed by atoms with Crippen LogP contribution in [0.4, 0.5) is 4.79 Å². The Morgan fingerprint density at radius 1 is 1.05 bits per heavy atom. The zero-order valence-electron chi connectivity index (χ0n) is 14.0. The van der Waals surface area contributed by atoms with Gasteiger partial charge < -0.3 is 15.5 Å². The smallest absolute Gasteiger partial charge is 0.317 e. The third-order valence-corrected chi connectivity index (χ3v) is 5.53. The second-order valence-corrected chi connectivity index (χ2v) is 8.80. The lowest BCUT2D eigenvalue weighted by Crippen LogP contribution is -2.64. The third-order valence-electron chi connectivity index (χ3n) is 5.53. The summed E-state index contributed by atoms with van der Waals surface area (Å²) in [6.07, 6.45) is 6.17. The number of nitrogens with one attached hydrogen (secondary N) is 2. The number of carbonyl (C=O) groups is 1. The fourth-order valence-corrected chi connectivity index (χ4v) is 4.58. The molecule has 2 aliphatic heterocycles. The highest BCUT2D eigenvalue weighted by Gasteiger charge is 2.41. The summed E-state index contributed by atoms with van der Waals surface area (Å²) in [5.74, 6) is 1.69. The lowest BCUT2D eigenvalue weighted by Gasteiger charge is -2.49. The zero-order valence-corrected chi connectivity index (χ0v) is 14.0. The molecule has 0 radical (unpaired) electrons. The van der Waals surface area contributed by atoms with Gasteiger partial charge in [-0.1, -0.05) is 19.3 Å². The largest absolute Gasteiger partial charge is 0.335 e. The van der Waals surface area contributed by atoms with Crippen LogP contribution < -0.4 is 10.6 Å². The minimum Gasteiger partial charge on any atom is -0.335 e. The first kappa shape index (κ1) is 15.1. The van der Waals surface area contributed by atoms with Crippen LogP contribution in [0.15, 0.2) is 0 Å². The number of piperidine rings is 1. The molecule has 1 aliphatic carbocycles. The van der Waals surface area contributed by atoms with Gasteiger partial charge in [-0.25, -0.2) is 4.79 Å². The van der Waals surface area contributed by atoms with Crippen LogP contribution in [0.25, 0.3) is 0 Å². The lowest BCUT2D eigenvalue weighted by molar-refractivity contribution is 0.0478. The summed E-state index contributed by atoms with van der Waals surface area (Å²) < 4.78 is 0. The second kappa shape index (κ2) is 5.15. The van der Waals surface area contributed by atoms with Gasteiger partial charge >= 0.3 is 6.03 Å². The fourth-order valence-electron chi connectivity index (χ4n) is 4.58. The summed E-state index contributed by atoms with van der Waals surface area (Å²) in [4.78, 5) is 14.4. The molecule has 2 saturated heterocycles. The van der Waals surface area contributed by atoms with E-state index in [4.69, 9.17) is 0 Å². The minimum absolute atomic E-state index is 0.0864. The molecule has 3 rings (SSSR count). The number of rotatable bonds is 2. The monoisotopic (exact) mass is 293 g/mol. The van der Waals surface area contributed by atoms with Crippen LogP contribution in [-0.2, 0) is 0 Å². The molecule has 120 valence electrons. The van der Waals surface area contributed by atoms with Gasteiger partial charge in [0.05, 0.1) is 0 Å². The van der Waals surface area contributed by atoms with E-state index in [1.165, 1.54) is 19.3 Å². The van der Waals surface area contributed by atoms with Crippen molar-refractivity contribution in [3.8, 4) is 0 Å². The Hall–Kier alpha value is -0.770. The van der Waals surface area contributed by atoms with Gasteiger partial charge in [0.15, 0.2) is 0 Å². The maximum atomic E-state index is 12.4. The van der Waals surface area contributed by atoms with Crippen molar-refractivity contribution in [3.63, 3.8) is 0 Å². The lowest BCUT2D eigenvalue weighted by atomic mass is 9.72. The van der Waals surface area contributed by atoms with E-state index >= 15 is 0 Å². The predicted molar refractivity (Wildman–Crippen MR) is 85.3 cm³/mol. The third kappa shape index (κ3) is 3.36. The van der Waals surface area contributed by atoms with E-state index in [2.05, 4.69) is 38.3 Å². The van der Waals surface area contributed by atoms with Crippen molar-refractivity contribution in [3.05, 3.63) is 0 Å². The highest BCUT2D eigenvalue weighted by atomic mass is 16.2. The standard InChI is InChI=1S/C17H31N3O/c1-16(2)8-14(9-17(3,4)19-16)18-15(21)20-10-13(11-20)12-6-5-7-12/h12-14,19H,5-11H2,1-4H3,(H,18,21). The molecule has 21 heavy (non-hydrogen) atoms. The first-order valence-electron chi connectivity index (χ1n) is 8.59. The molecule has 2 amide bonds. The normalized spacial score (nSPS) is 29.6. The van der Waals surface area contributed by atoms with Crippen molar-refractivity contribution in [1.29, 1.82) is 0 Å².